The number of benzene rings is 1. The van der Waals surface area contributed by atoms with Gasteiger partial charge in [-0.3, -0.25) is 0 Å². The van der Waals surface area contributed by atoms with Crippen molar-refractivity contribution in [3.05, 3.63) is 34.1 Å². The van der Waals surface area contributed by atoms with E-state index in [2.05, 4.69) is 20.3 Å². The van der Waals surface area contributed by atoms with Crippen molar-refractivity contribution in [3.8, 4) is 0 Å². The molecule has 1 rings (SSSR count). The Morgan fingerprint density at radius 1 is 1.47 bits per heavy atom. The lowest BCUT2D eigenvalue weighted by molar-refractivity contribution is 0.561. The van der Waals surface area contributed by atoms with Crippen LogP contribution in [0, 0.1) is 5.82 Å². The topological polar surface area (TPSA) is 35.4 Å². The van der Waals surface area contributed by atoms with E-state index in [9.17, 15) is 8.94 Å². The van der Waals surface area contributed by atoms with Crippen LogP contribution in [0.3, 0.4) is 0 Å². The van der Waals surface area contributed by atoms with Crippen molar-refractivity contribution >= 4 is 33.5 Å². The Balaban J connectivity index is 2.67. The van der Waals surface area contributed by atoms with Gasteiger partial charge in [0.25, 0.3) is 0 Å². The van der Waals surface area contributed by atoms with Gasteiger partial charge >= 0.3 is 0 Å². The van der Waals surface area contributed by atoms with E-state index in [0.717, 1.165) is 10.0 Å². The fourth-order valence-corrected chi connectivity index (χ4v) is 2.00. The second-order valence-corrected chi connectivity index (χ2v) is 7.38. The first-order chi connectivity index (χ1) is 7.80. The van der Waals surface area contributed by atoms with Crippen molar-refractivity contribution in [2.45, 2.75) is 31.9 Å². The zero-order valence-electron chi connectivity index (χ0n) is 10.0. The molecule has 0 spiro atoms. The van der Waals surface area contributed by atoms with Gasteiger partial charge in [-0.15, -0.1) is 0 Å². The quantitative estimate of drug-likeness (QED) is 0.618. The first-order valence-corrected chi connectivity index (χ1v) is 7.09. The molecule has 94 valence electrons. The lowest BCUT2D eigenvalue weighted by Gasteiger charge is -2.17. The maximum Gasteiger partial charge on any atom is 0.144 e. The number of halogens is 2. The minimum absolute atomic E-state index is 0.284. The average Bonchev–Trinajstić information content (AvgIpc) is 2.21. The standard InChI is InChI=1S/C12H15BrFNOS/c1-12(2,3)17(16)15-7-6-9-8-10(14)4-5-11(9)13/h4-5,7-8H,6H2,1-3H3. The minimum atomic E-state index is -1.26. The fourth-order valence-electron chi connectivity index (χ4n) is 1.06. The molecule has 0 heterocycles. The highest BCUT2D eigenvalue weighted by molar-refractivity contribution is 9.10. The number of rotatable bonds is 3. The van der Waals surface area contributed by atoms with Crippen molar-refractivity contribution in [1.29, 1.82) is 0 Å². The molecule has 1 unspecified atom stereocenters. The predicted octanol–water partition coefficient (Wildman–Crippen LogP) is 3.66. The second-order valence-electron chi connectivity index (χ2n) is 4.59. The molecule has 0 fully saturated rings. The summed E-state index contributed by atoms with van der Waals surface area (Å²) in [6.07, 6.45) is 2.03. The van der Waals surface area contributed by atoms with Gasteiger partial charge < -0.3 is 4.55 Å². The van der Waals surface area contributed by atoms with E-state index in [1.807, 2.05) is 20.8 Å². The molecule has 0 aromatic heterocycles. The van der Waals surface area contributed by atoms with Crippen LogP contribution in [0.4, 0.5) is 4.39 Å². The molecule has 0 N–H and O–H groups in total. The Morgan fingerprint density at radius 3 is 2.71 bits per heavy atom. The monoisotopic (exact) mass is 319 g/mol. The summed E-state index contributed by atoms with van der Waals surface area (Å²) in [6, 6.07) is 4.48. The Labute approximate surface area is 113 Å². The highest BCUT2D eigenvalue weighted by atomic mass is 79.9. The Morgan fingerprint density at radius 2 is 2.12 bits per heavy atom. The summed E-state index contributed by atoms with van der Waals surface area (Å²) in [6.45, 7) is 5.58. The Hall–Kier alpha value is -0.390. The molecule has 1 atom stereocenters. The lowest BCUT2D eigenvalue weighted by atomic mass is 10.2. The van der Waals surface area contributed by atoms with Crippen molar-refractivity contribution in [3.63, 3.8) is 0 Å². The molecular formula is C12H15BrFNOS. The van der Waals surface area contributed by atoms with Gasteiger partial charge in [0.15, 0.2) is 0 Å². The summed E-state index contributed by atoms with van der Waals surface area (Å²) < 4.78 is 29.1. The van der Waals surface area contributed by atoms with E-state index in [4.69, 9.17) is 0 Å². The van der Waals surface area contributed by atoms with Crippen LogP contribution in [0.5, 0.6) is 0 Å². The van der Waals surface area contributed by atoms with Crippen LogP contribution in [0.15, 0.2) is 27.1 Å². The third kappa shape index (κ3) is 4.77. The number of hydrogen-bond acceptors (Lipinski definition) is 2. The van der Waals surface area contributed by atoms with Crippen molar-refractivity contribution < 1.29 is 8.94 Å². The largest absolute Gasteiger partial charge is 0.591 e. The van der Waals surface area contributed by atoms with Gasteiger partial charge in [0, 0.05) is 10.9 Å². The molecule has 0 saturated heterocycles. The van der Waals surface area contributed by atoms with Crippen molar-refractivity contribution in [2.24, 2.45) is 4.40 Å². The summed E-state index contributed by atoms with van der Waals surface area (Å²) in [5.74, 6) is -0.284. The molecule has 0 bridgehead atoms. The van der Waals surface area contributed by atoms with E-state index >= 15 is 0 Å². The molecule has 0 radical (unpaired) electrons. The van der Waals surface area contributed by atoms with Crippen LogP contribution < -0.4 is 0 Å². The first kappa shape index (κ1) is 14.7. The van der Waals surface area contributed by atoms with Gasteiger partial charge in [0.1, 0.15) is 21.9 Å². The van der Waals surface area contributed by atoms with Gasteiger partial charge in [-0.1, -0.05) is 20.3 Å². The van der Waals surface area contributed by atoms with E-state index in [0.29, 0.717) is 6.42 Å². The molecule has 0 amide bonds. The highest BCUT2D eigenvalue weighted by Gasteiger charge is 2.25. The fraction of sp³-hybridized carbons (Fsp3) is 0.417. The van der Waals surface area contributed by atoms with E-state index < -0.39 is 11.4 Å². The molecule has 1 aromatic carbocycles. The number of hydrogen-bond donors (Lipinski definition) is 0. The third-order valence-corrected chi connectivity index (χ3v) is 4.17. The summed E-state index contributed by atoms with van der Waals surface area (Å²) in [5.41, 5.74) is 0.791. The highest BCUT2D eigenvalue weighted by Crippen LogP contribution is 2.19. The summed E-state index contributed by atoms with van der Waals surface area (Å²) >= 11 is 2.07. The SMILES string of the molecule is CC(C)(C)[S+]([O-])N=CCc1cc(F)ccc1Br. The minimum Gasteiger partial charge on any atom is -0.591 e. The molecular weight excluding hydrogens is 305 g/mol. The van der Waals surface area contributed by atoms with E-state index in [-0.39, 0.29) is 10.6 Å². The smallest absolute Gasteiger partial charge is 0.144 e. The van der Waals surface area contributed by atoms with Crippen molar-refractivity contribution in [1.82, 2.24) is 0 Å². The summed E-state index contributed by atoms with van der Waals surface area (Å²) in [7, 11) is 0. The van der Waals surface area contributed by atoms with E-state index in [1.165, 1.54) is 12.1 Å². The van der Waals surface area contributed by atoms with Gasteiger partial charge in [-0.05, 0) is 44.5 Å². The van der Waals surface area contributed by atoms with Gasteiger partial charge in [-0.25, -0.2) is 4.39 Å². The first-order valence-electron chi connectivity index (χ1n) is 5.19. The molecule has 5 heteroatoms. The van der Waals surface area contributed by atoms with Gasteiger partial charge in [0.05, 0.1) is 6.21 Å². The van der Waals surface area contributed by atoms with E-state index in [1.54, 1.807) is 12.3 Å². The van der Waals surface area contributed by atoms with Crippen LogP contribution in [0.2, 0.25) is 0 Å². The zero-order chi connectivity index (χ0) is 13.1. The molecule has 1 aromatic rings. The normalized spacial score (nSPS) is 14.2. The third-order valence-electron chi connectivity index (χ3n) is 2.01. The average molecular weight is 320 g/mol. The molecule has 2 nitrogen and oxygen atoms in total. The van der Waals surface area contributed by atoms with Crippen LogP contribution in [-0.4, -0.2) is 15.5 Å². The molecule has 0 aliphatic heterocycles. The maximum atomic E-state index is 13.0. The number of nitrogens with zero attached hydrogens (tertiary/aromatic N) is 1. The lowest BCUT2D eigenvalue weighted by Crippen LogP contribution is -2.25. The molecule has 17 heavy (non-hydrogen) atoms. The van der Waals surface area contributed by atoms with Crippen LogP contribution in [0.1, 0.15) is 26.3 Å². The van der Waals surface area contributed by atoms with Crippen LogP contribution >= 0.6 is 15.9 Å². The second kappa shape index (κ2) is 5.98. The van der Waals surface area contributed by atoms with Crippen LogP contribution in [0.25, 0.3) is 0 Å². The Kier molecular flexibility index (Phi) is 5.16. The van der Waals surface area contributed by atoms with Crippen molar-refractivity contribution in [2.75, 3.05) is 0 Å². The van der Waals surface area contributed by atoms with Crippen LogP contribution in [-0.2, 0) is 17.8 Å². The molecule has 0 aliphatic carbocycles. The maximum absolute atomic E-state index is 13.0. The Bertz CT molecular complexity index is 417. The molecule has 0 saturated carbocycles. The zero-order valence-corrected chi connectivity index (χ0v) is 12.4. The van der Waals surface area contributed by atoms with Gasteiger partial charge in [-0.2, -0.15) is 0 Å². The summed E-state index contributed by atoms with van der Waals surface area (Å²) in [4.78, 5) is 0. The van der Waals surface area contributed by atoms with Gasteiger partial charge in [0.2, 0.25) is 0 Å². The summed E-state index contributed by atoms with van der Waals surface area (Å²) in [5, 5.41) is 0. The molecule has 0 aliphatic rings. The predicted molar refractivity (Wildman–Crippen MR) is 74.2 cm³/mol.